The van der Waals surface area contributed by atoms with Crippen molar-refractivity contribution in [3.63, 3.8) is 0 Å². The van der Waals surface area contributed by atoms with E-state index in [0.29, 0.717) is 18.2 Å². The zero-order valence-electron chi connectivity index (χ0n) is 12.1. The van der Waals surface area contributed by atoms with Crippen LogP contribution in [0.5, 0.6) is 0 Å². The van der Waals surface area contributed by atoms with Crippen LogP contribution >= 0.6 is 0 Å². The van der Waals surface area contributed by atoms with Crippen molar-refractivity contribution in [2.45, 2.75) is 32.4 Å². The van der Waals surface area contributed by atoms with Crippen molar-refractivity contribution < 1.29 is 9.53 Å². The molecule has 1 aliphatic rings. The van der Waals surface area contributed by atoms with Crippen LogP contribution in [0, 0.1) is 0 Å². The SMILES string of the molecule is CC1CN(CCC(=O)Nc2ccc(N)cc2)C(C)CO1. The van der Waals surface area contributed by atoms with Gasteiger partial charge in [-0.05, 0) is 38.1 Å². The van der Waals surface area contributed by atoms with Crippen LogP contribution in [0.15, 0.2) is 24.3 Å². The van der Waals surface area contributed by atoms with E-state index in [1.54, 1.807) is 12.1 Å². The second kappa shape index (κ2) is 6.72. The molecule has 0 saturated carbocycles. The number of nitrogen functional groups attached to an aromatic ring is 1. The van der Waals surface area contributed by atoms with Gasteiger partial charge in [-0.15, -0.1) is 0 Å². The van der Waals surface area contributed by atoms with Crippen LogP contribution < -0.4 is 11.1 Å². The lowest BCUT2D eigenvalue weighted by Crippen LogP contribution is -2.48. The molecule has 3 N–H and O–H groups in total. The Morgan fingerprint density at radius 1 is 1.40 bits per heavy atom. The fraction of sp³-hybridized carbons (Fsp3) is 0.533. The van der Waals surface area contributed by atoms with Crippen LogP contribution in [0.1, 0.15) is 20.3 Å². The second-order valence-electron chi connectivity index (χ2n) is 5.41. The molecule has 2 atom stereocenters. The molecule has 1 heterocycles. The third-order valence-electron chi connectivity index (χ3n) is 3.56. The Morgan fingerprint density at radius 2 is 2.10 bits per heavy atom. The highest BCUT2D eigenvalue weighted by atomic mass is 16.5. The maximum absolute atomic E-state index is 11.9. The lowest BCUT2D eigenvalue weighted by Gasteiger charge is -2.36. The average molecular weight is 277 g/mol. The van der Waals surface area contributed by atoms with Gasteiger partial charge in [0.25, 0.3) is 0 Å². The first-order valence-electron chi connectivity index (χ1n) is 7.05. The van der Waals surface area contributed by atoms with Crippen LogP contribution in [-0.4, -0.2) is 42.6 Å². The van der Waals surface area contributed by atoms with E-state index in [1.165, 1.54) is 0 Å². The largest absolute Gasteiger partial charge is 0.399 e. The number of hydrogen-bond donors (Lipinski definition) is 2. The number of hydrogen-bond acceptors (Lipinski definition) is 4. The lowest BCUT2D eigenvalue weighted by atomic mass is 10.2. The van der Waals surface area contributed by atoms with Crippen LogP contribution in [0.4, 0.5) is 11.4 Å². The minimum atomic E-state index is 0.0288. The van der Waals surface area contributed by atoms with E-state index in [1.807, 2.05) is 12.1 Å². The summed E-state index contributed by atoms with van der Waals surface area (Å²) in [6.07, 6.45) is 0.730. The number of carbonyl (C=O) groups is 1. The van der Waals surface area contributed by atoms with E-state index >= 15 is 0 Å². The first kappa shape index (κ1) is 14.8. The van der Waals surface area contributed by atoms with Crippen molar-refractivity contribution in [3.8, 4) is 0 Å². The van der Waals surface area contributed by atoms with Crippen LogP contribution in [0.3, 0.4) is 0 Å². The van der Waals surface area contributed by atoms with Crippen molar-refractivity contribution in [1.82, 2.24) is 4.90 Å². The first-order chi connectivity index (χ1) is 9.54. The van der Waals surface area contributed by atoms with Crippen molar-refractivity contribution in [2.24, 2.45) is 0 Å². The highest BCUT2D eigenvalue weighted by Gasteiger charge is 2.23. The van der Waals surface area contributed by atoms with Gasteiger partial charge in [0.15, 0.2) is 0 Å². The number of carbonyl (C=O) groups excluding carboxylic acids is 1. The van der Waals surface area contributed by atoms with Gasteiger partial charge in [0.05, 0.1) is 12.7 Å². The molecule has 2 rings (SSSR count). The molecular weight excluding hydrogens is 254 g/mol. The monoisotopic (exact) mass is 277 g/mol. The minimum absolute atomic E-state index is 0.0288. The van der Waals surface area contributed by atoms with Gasteiger partial charge in [-0.1, -0.05) is 0 Å². The molecule has 5 nitrogen and oxygen atoms in total. The molecule has 1 fully saturated rings. The van der Waals surface area contributed by atoms with Crippen molar-refractivity contribution in [1.29, 1.82) is 0 Å². The maximum Gasteiger partial charge on any atom is 0.225 e. The summed E-state index contributed by atoms with van der Waals surface area (Å²) in [5, 5.41) is 2.88. The summed E-state index contributed by atoms with van der Waals surface area (Å²) >= 11 is 0. The van der Waals surface area contributed by atoms with E-state index in [9.17, 15) is 4.79 Å². The van der Waals surface area contributed by atoms with E-state index in [-0.39, 0.29) is 12.0 Å². The molecule has 2 unspecified atom stereocenters. The van der Waals surface area contributed by atoms with E-state index in [0.717, 1.165) is 25.4 Å². The zero-order valence-corrected chi connectivity index (χ0v) is 12.1. The predicted octanol–water partition coefficient (Wildman–Crippen LogP) is 1.71. The molecule has 0 aliphatic carbocycles. The normalized spacial score (nSPS) is 23.5. The lowest BCUT2D eigenvalue weighted by molar-refractivity contribution is -0.117. The van der Waals surface area contributed by atoms with E-state index in [2.05, 4.69) is 24.1 Å². The van der Waals surface area contributed by atoms with Gasteiger partial charge in [-0.25, -0.2) is 0 Å². The number of nitrogens with two attached hydrogens (primary N) is 1. The number of rotatable bonds is 4. The molecule has 5 heteroatoms. The molecule has 1 aliphatic heterocycles. The minimum Gasteiger partial charge on any atom is -0.399 e. The standard InChI is InChI=1S/C15H23N3O2/c1-11-10-20-12(2)9-18(11)8-7-15(19)17-14-5-3-13(16)4-6-14/h3-6,11-12H,7-10,16H2,1-2H3,(H,17,19). The summed E-state index contributed by atoms with van der Waals surface area (Å²) in [5.74, 6) is 0.0288. The fourth-order valence-corrected chi connectivity index (χ4v) is 2.32. The number of amides is 1. The Labute approximate surface area is 120 Å². The van der Waals surface area contributed by atoms with Gasteiger partial charge in [-0.2, -0.15) is 0 Å². The quantitative estimate of drug-likeness (QED) is 0.822. The van der Waals surface area contributed by atoms with Gasteiger partial charge < -0.3 is 15.8 Å². The highest BCUT2D eigenvalue weighted by molar-refractivity contribution is 5.90. The van der Waals surface area contributed by atoms with Crippen molar-refractivity contribution in [3.05, 3.63) is 24.3 Å². The van der Waals surface area contributed by atoms with Gasteiger partial charge in [0.1, 0.15) is 0 Å². The summed E-state index contributed by atoms with van der Waals surface area (Å²) in [6, 6.07) is 7.55. The number of benzene rings is 1. The third-order valence-corrected chi connectivity index (χ3v) is 3.56. The number of nitrogens with one attached hydrogen (secondary N) is 1. The smallest absolute Gasteiger partial charge is 0.225 e. The highest BCUT2D eigenvalue weighted by Crippen LogP contribution is 2.13. The first-order valence-corrected chi connectivity index (χ1v) is 7.05. The molecular formula is C15H23N3O2. The molecule has 0 spiro atoms. The van der Waals surface area contributed by atoms with Crippen molar-refractivity contribution in [2.75, 3.05) is 30.7 Å². The molecule has 1 amide bonds. The Bertz CT molecular complexity index is 447. The van der Waals surface area contributed by atoms with Gasteiger partial charge in [0.2, 0.25) is 5.91 Å². The van der Waals surface area contributed by atoms with Crippen molar-refractivity contribution >= 4 is 17.3 Å². The van der Waals surface area contributed by atoms with Gasteiger partial charge in [0, 0.05) is 36.9 Å². The molecule has 0 radical (unpaired) electrons. The van der Waals surface area contributed by atoms with Crippen LogP contribution in [0.2, 0.25) is 0 Å². The Morgan fingerprint density at radius 3 is 2.80 bits per heavy atom. The number of morpholine rings is 1. The average Bonchev–Trinajstić information content (AvgIpc) is 2.42. The summed E-state index contributed by atoms with van der Waals surface area (Å²) in [7, 11) is 0. The van der Waals surface area contributed by atoms with Gasteiger partial charge in [-0.3, -0.25) is 9.69 Å². The van der Waals surface area contributed by atoms with E-state index in [4.69, 9.17) is 10.5 Å². The van der Waals surface area contributed by atoms with Gasteiger partial charge >= 0.3 is 0 Å². The third kappa shape index (κ3) is 4.21. The molecule has 1 aromatic rings. The number of anilines is 2. The molecule has 1 saturated heterocycles. The Hall–Kier alpha value is -1.59. The van der Waals surface area contributed by atoms with Crippen LogP contribution in [0.25, 0.3) is 0 Å². The Kier molecular flexibility index (Phi) is 4.98. The molecule has 0 aromatic heterocycles. The molecule has 1 aromatic carbocycles. The number of nitrogens with zero attached hydrogens (tertiary/aromatic N) is 1. The Balaban J connectivity index is 1.78. The van der Waals surface area contributed by atoms with E-state index < -0.39 is 0 Å². The van der Waals surface area contributed by atoms with Crippen LogP contribution in [-0.2, 0) is 9.53 Å². The predicted molar refractivity (Wildman–Crippen MR) is 80.6 cm³/mol. The maximum atomic E-state index is 11.9. The summed E-state index contributed by atoms with van der Waals surface area (Å²) < 4.78 is 5.58. The topological polar surface area (TPSA) is 67.6 Å². The molecule has 110 valence electrons. The molecule has 0 bridgehead atoms. The summed E-state index contributed by atoms with van der Waals surface area (Å²) in [5.41, 5.74) is 7.09. The number of ether oxygens (including phenoxy) is 1. The summed E-state index contributed by atoms with van der Waals surface area (Å²) in [4.78, 5) is 14.2. The zero-order chi connectivity index (χ0) is 14.5. The second-order valence-corrected chi connectivity index (χ2v) is 5.41. The summed E-state index contributed by atoms with van der Waals surface area (Å²) in [6.45, 7) is 6.57. The fourth-order valence-electron chi connectivity index (χ4n) is 2.32. The molecule has 20 heavy (non-hydrogen) atoms.